The SMILES string of the molecule is CC[C@H]1C(=O)N(C(c2ccccc2)c2ccccc2)[C@@H]1Sc1ccc(C)cc1. The summed E-state index contributed by atoms with van der Waals surface area (Å²) in [7, 11) is 0. The fraction of sp³-hybridized carbons (Fsp3) is 0.240. The average Bonchev–Trinajstić information content (AvgIpc) is 2.74. The van der Waals surface area contributed by atoms with Crippen LogP contribution in [-0.4, -0.2) is 16.2 Å². The van der Waals surface area contributed by atoms with Gasteiger partial charge in [0.15, 0.2) is 0 Å². The lowest BCUT2D eigenvalue weighted by Crippen LogP contribution is -2.60. The van der Waals surface area contributed by atoms with Gasteiger partial charge in [-0.3, -0.25) is 4.79 Å². The van der Waals surface area contributed by atoms with Gasteiger partial charge in [-0.1, -0.05) is 85.3 Å². The minimum atomic E-state index is -0.0550. The number of hydrogen-bond donors (Lipinski definition) is 0. The monoisotopic (exact) mass is 387 g/mol. The molecule has 0 radical (unpaired) electrons. The van der Waals surface area contributed by atoms with Crippen LogP contribution in [0.25, 0.3) is 0 Å². The van der Waals surface area contributed by atoms with Crippen molar-refractivity contribution >= 4 is 17.7 Å². The Hall–Kier alpha value is -2.52. The highest BCUT2D eigenvalue weighted by Gasteiger charge is 2.50. The molecule has 0 saturated carbocycles. The van der Waals surface area contributed by atoms with Gasteiger partial charge in [0.05, 0.1) is 17.3 Å². The summed E-state index contributed by atoms with van der Waals surface area (Å²) in [6.07, 6.45) is 0.870. The number of carbonyl (C=O) groups excluding carboxylic acids is 1. The summed E-state index contributed by atoms with van der Waals surface area (Å²) in [4.78, 5) is 16.4. The molecule has 1 fully saturated rings. The van der Waals surface area contributed by atoms with E-state index in [0.717, 1.165) is 17.5 Å². The standard InChI is InChI=1S/C25H25NOS/c1-3-22-24(27)26(25(22)28-21-16-14-18(2)15-17-21)23(19-10-6-4-7-11-19)20-12-8-5-9-13-20/h4-17,22-23,25H,3H2,1-2H3/t22-,25+/m0/s1. The Kier molecular flexibility index (Phi) is 5.54. The van der Waals surface area contributed by atoms with Gasteiger partial charge in [0.1, 0.15) is 0 Å². The van der Waals surface area contributed by atoms with Crippen LogP contribution >= 0.6 is 11.8 Å². The van der Waals surface area contributed by atoms with Crippen molar-refractivity contribution in [1.29, 1.82) is 0 Å². The third kappa shape index (κ3) is 3.59. The Labute approximate surface area is 171 Å². The summed E-state index contributed by atoms with van der Waals surface area (Å²) < 4.78 is 0. The zero-order valence-electron chi connectivity index (χ0n) is 16.3. The summed E-state index contributed by atoms with van der Waals surface area (Å²) in [6.45, 7) is 4.21. The Morgan fingerprint density at radius 1 is 0.857 bits per heavy atom. The van der Waals surface area contributed by atoms with Crippen LogP contribution in [0, 0.1) is 12.8 Å². The van der Waals surface area contributed by atoms with Crippen molar-refractivity contribution in [1.82, 2.24) is 4.90 Å². The lowest BCUT2D eigenvalue weighted by molar-refractivity contribution is -0.153. The van der Waals surface area contributed by atoms with Crippen LogP contribution < -0.4 is 0 Å². The van der Waals surface area contributed by atoms with Gasteiger partial charge in [0.25, 0.3) is 0 Å². The normalized spacial score (nSPS) is 19.0. The first kappa shape index (κ1) is 18.8. The minimum Gasteiger partial charge on any atom is -0.318 e. The zero-order chi connectivity index (χ0) is 19.5. The maximum Gasteiger partial charge on any atom is 0.230 e. The second-order valence-corrected chi connectivity index (χ2v) is 8.50. The second kappa shape index (κ2) is 8.24. The van der Waals surface area contributed by atoms with Crippen LogP contribution in [0.1, 0.15) is 36.1 Å². The smallest absolute Gasteiger partial charge is 0.230 e. The van der Waals surface area contributed by atoms with Gasteiger partial charge in [0.2, 0.25) is 5.91 Å². The maximum atomic E-state index is 13.1. The van der Waals surface area contributed by atoms with Gasteiger partial charge < -0.3 is 4.90 Å². The molecule has 0 aliphatic carbocycles. The molecular weight excluding hydrogens is 362 g/mol. The van der Waals surface area contributed by atoms with E-state index in [4.69, 9.17) is 0 Å². The first-order chi connectivity index (χ1) is 13.7. The first-order valence-electron chi connectivity index (χ1n) is 9.84. The molecule has 1 saturated heterocycles. The van der Waals surface area contributed by atoms with E-state index in [-0.39, 0.29) is 23.2 Å². The third-order valence-corrected chi connectivity index (χ3v) is 6.76. The third-order valence-electron chi connectivity index (χ3n) is 5.42. The van der Waals surface area contributed by atoms with Gasteiger partial charge >= 0.3 is 0 Å². The molecule has 1 heterocycles. The molecule has 0 unspecified atom stereocenters. The molecule has 142 valence electrons. The van der Waals surface area contributed by atoms with Crippen LogP contribution in [0.3, 0.4) is 0 Å². The minimum absolute atomic E-state index is 0.0550. The lowest BCUT2D eigenvalue weighted by atomic mass is 9.88. The molecule has 1 amide bonds. The summed E-state index contributed by atoms with van der Waals surface area (Å²) in [5.74, 6) is 0.325. The van der Waals surface area contributed by atoms with Crippen LogP contribution in [-0.2, 0) is 4.79 Å². The molecule has 3 aromatic carbocycles. The highest BCUT2D eigenvalue weighted by atomic mass is 32.2. The Balaban J connectivity index is 1.71. The van der Waals surface area contributed by atoms with Crippen molar-refractivity contribution in [2.75, 3.05) is 0 Å². The van der Waals surface area contributed by atoms with Crippen LogP contribution in [0.5, 0.6) is 0 Å². The summed E-state index contributed by atoms with van der Waals surface area (Å²) in [6, 6.07) is 29.3. The fourth-order valence-electron chi connectivity index (χ4n) is 3.88. The molecule has 3 aromatic rings. The van der Waals surface area contributed by atoms with Crippen molar-refractivity contribution in [3.63, 3.8) is 0 Å². The number of β-lactam (4-membered cyclic amide) rings is 1. The van der Waals surface area contributed by atoms with Crippen molar-refractivity contribution in [3.8, 4) is 0 Å². The van der Waals surface area contributed by atoms with E-state index in [1.54, 1.807) is 11.8 Å². The predicted octanol–water partition coefficient (Wildman–Crippen LogP) is 6.07. The summed E-state index contributed by atoms with van der Waals surface area (Å²) >= 11 is 1.81. The molecule has 3 heteroatoms. The predicted molar refractivity (Wildman–Crippen MR) is 116 cm³/mol. The summed E-state index contributed by atoms with van der Waals surface area (Å²) in [5, 5.41) is 0.144. The molecular formula is C25H25NOS. The average molecular weight is 388 g/mol. The van der Waals surface area contributed by atoms with Gasteiger partial charge in [-0.2, -0.15) is 0 Å². The highest BCUT2D eigenvalue weighted by molar-refractivity contribution is 8.00. The van der Waals surface area contributed by atoms with Crippen LogP contribution in [0.4, 0.5) is 0 Å². The molecule has 0 bridgehead atoms. The number of hydrogen-bond acceptors (Lipinski definition) is 2. The fourth-order valence-corrected chi connectivity index (χ4v) is 5.26. The van der Waals surface area contributed by atoms with Crippen LogP contribution in [0.2, 0.25) is 0 Å². The Morgan fingerprint density at radius 3 is 1.89 bits per heavy atom. The number of rotatable bonds is 6. The number of amides is 1. The van der Waals surface area contributed by atoms with Gasteiger partial charge in [-0.25, -0.2) is 0 Å². The number of nitrogens with zero attached hydrogens (tertiary/aromatic N) is 1. The van der Waals surface area contributed by atoms with Crippen molar-refractivity contribution in [2.45, 2.75) is 36.6 Å². The lowest BCUT2D eigenvalue weighted by Gasteiger charge is -2.51. The molecule has 0 N–H and O–H groups in total. The number of carbonyl (C=O) groups is 1. The molecule has 0 spiro atoms. The molecule has 4 rings (SSSR count). The van der Waals surface area contributed by atoms with Crippen molar-refractivity contribution < 1.29 is 4.79 Å². The molecule has 28 heavy (non-hydrogen) atoms. The molecule has 1 aliphatic heterocycles. The van der Waals surface area contributed by atoms with Gasteiger partial charge in [-0.15, -0.1) is 11.8 Å². The number of thioether (sulfide) groups is 1. The van der Waals surface area contributed by atoms with E-state index in [1.807, 2.05) is 12.1 Å². The molecule has 1 aliphatic rings. The largest absolute Gasteiger partial charge is 0.318 e. The van der Waals surface area contributed by atoms with Crippen LogP contribution in [0.15, 0.2) is 89.8 Å². The number of aryl methyl sites for hydroxylation is 1. The van der Waals surface area contributed by atoms with Gasteiger partial charge in [-0.05, 0) is 36.6 Å². The van der Waals surface area contributed by atoms with E-state index in [0.29, 0.717) is 0 Å². The van der Waals surface area contributed by atoms with E-state index in [9.17, 15) is 4.79 Å². The van der Waals surface area contributed by atoms with E-state index < -0.39 is 0 Å². The second-order valence-electron chi connectivity index (χ2n) is 7.31. The molecule has 2 atom stereocenters. The quantitative estimate of drug-likeness (QED) is 0.478. The summed E-state index contributed by atoms with van der Waals surface area (Å²) in [5.41, 5.74) is 3.57. The molecule has 0 aromatic heterocycles. The number of benzene rings is 3. The first-order valence-corrected chi connectivity index (χ1v) is 10.7. The van der Waals surface area contributed by atoms with Crippen molar-refractivity contribution in [2.24, 2.45) is 5.92 Å². The Bertz CT molecular complexity index is 884. The number of likely N-dealkylation sites (tertiary alicyclic amines) is 1. The van der Waals surface area contributed by atoms with E-state index in [1.165, 1.54) is 10.5 Å². The zero-order valence-corrected chi connectivity index (χ0v) is 17.1. The van der Waals surface area contributed by atoms with E-state index in [2.05, 4.69) is 91.5 Å². The van der Waals surface area contributed by atoms with E-state index >= 15 is 0 Å². The van der Waals surface area contributed by atoms with Gasteiger partial charge in [0, 0.05) is 4.90 Å². The Morgan fingerprint density at radius 2 is 1.39 bits per heavy atom. The topological polar surface area (TPSA) is 20.3 Å². The van der Waals surface area contributed by atoms with Crippen molar-refractivity contribution in [3.05, 3.63) is 102 Å². The maximum absolute atomic E-state index is 13.1. The highest BCUT2D eigenvalue weighted by Crippen LogP contribution is 2.47. The molecule has 2 nitrogen and oxygen atoms in total.